The quantitative estimate of drug-likeness (QED) is 0.781. The van der Waals surface area contributed by atoms with Crippen molar-refractivity contribution < 1.29 is 4.79 Å². The van der Waals surface area contributed by atoms with Gasteiger partial charge in [-0.15, -0.1) is 0 Å². The first-order chi connectivity index (χ1) is 11.7. The van der Waals surface area contributed by atoms with Gasteiger partial charge in [-0.1, -0.05) is 25.1 Å². The molecule has 0 aliphatic carbocycles. The molecule has 0 saturated heterocycles. The molecule has 0 radical (unpaired) electrons. The maximum atomic E-state index is 12.6. The second kappa shape index (κ2) is 6.83. The van der Waals surface area contributed by atoms with Gasteiger partial charge in [0.05, 0.1) is 23.0 Å². The minimum Gasteiger partial charge on any atom is -0.352 e. The Kier molecular flexibility index (Phi) is 4.60. The topological polar surface area (TPSA) is 59.8 Å². The van der Waals surface area contributed by atoms with Crippen LogP contribution < -0.4 is 5.32 Å². The van der Waals surface area contributed by atoms with Crippen molar-refractivity contribution in [2.75, 3.05) is 6.54 Å². The molecule has 0 fully saturated rings. The number of rotatable bonds is 5. The van der Waals surface area contributed by atoms with Gasteiger partial charge >= 0.3 is 0 Å². The number of para-hydroxylation sites is 1. The van der Waals surface area contributed by atoms with Gasteiger partial charge in [0.15, 0.2) is 0 Å². The van der Waals surface area contributed by atoms with Gasteiger partial charge in [-0.2, -0.15) is 5.10 Å². The Hall–Kier alpha value is -2.69. The van der Waals surface area contributed by atoms with Crippen LogP contribution in [0.1, 0.15) is 36.3 Å². The van der Waals surface area contributed by atoms with E-state index in [2.05, 4.69) is 17.3 Å². The van der Waals surface area contributed by atoms with E-state index in [0.717, 1.165) is 40.8 Å². The SMILES string of the molecule is CCCNC(=O)c1cc(-c2cnn(CC)c2C)nc2ccccc12. The summed E-state index contributed by atoms with van der Waals surface area (Å²) >= 11 is 0. The van der Waals surface area contributed by atoms with Crippen molar-refractivity contribution in [1.29, 1.82) is 0 Å². The molecule has 1 amide bonds. The first-order valence-electron chi connectivity index (χ1n) is 8.36. The molecule has 0 aliphatic heterocycles. The number of carbonyl (C=O) groups is 1. The summed E-state index contributed by atoms with van der Waals surface area (Å²) in [5, 5.41) is 8.22. The van der Waals surface area contributed by atoms with Crippen molar-refractivity contribution in [3.8, 4) is 11.3 Å². The number of aryl methyl sites for hydroxylation is 1. The summed E-state index contributed by atoms with van der Waals surface area (Å²) in [6.45, 7) is 7.60. The molecule has 0 bridgehead atoms. The third-order valence-electron chi connectivity index (χ3n) is 4.18. The molecule has 124 valence electrons. The molecular weight excluding hydrogens is 300 g/mol. The lowest BCUT2D eigenvalue weighted by molar-refractivity contribution is 0.0955. The van der Waals surface area contributed by atoms with Crippen LogP contribution in [0.5, 0.6) is 0 Å². The number of amides is 1. The standard InChI is InChI=1S/C19H22N4O/c1-4-10-20-19(24)15-11-18(16-12-21-23(5-2)13(16)3)22-17-9-7-6-8-14(15)17/h6-9,11-12H,4-5,10H2,1-3H3,(H,20,24). The Labute approximate surface area is 141 Å². The van der Waals surface area contributed by atoms with Crippen molar-refractivity contribution >= 4 is 16.8 Å². The number of hydrogen-bond acceptors (Lipinski definition) is 3. The van der Waals surface area contributed by atoms with Gasteiger partial charge in [-0.05, 0) is 32.4 Å². The molecule has 0 atom stereocenters. The number of carbonyl (C=O) groups excluding carboxylic acids is 1. The van der Waals surface area contributed by atoms with Crippen LogP contribution in [0.25, 0.3) is 22.2 Å². The van der Waals surface area contributed by atoms with Crippen LogP contribution in [0.3, 0.4) is 0 Å². The molecule has 3 aromatic rings. The van der Waals surface area contributed by atoms with Gasteiger partial charge in [0.25, 0.3) is 5.91 Å². The highest BCUT2D eigenvalue weighted by atomic mass is 16.1. The van der Waals surface area contributed by atoms with Gasteiger partial charge in [-0.3, -0.25) is 9.48 Å². The Bertz CT molecular complexity index is 882. The zero-order valence-corrected chi connectivity index (χ0v) is 14.3. The number of hydrogen-bond donors (Lipinski definition) is 1. The summed E-state index contributed by atoms with van der Waals surface area (Å²) in [7, 11) is 0. The normalized spacial score (nSPS) is 11.0. The molecule has 1 aromatic carbocycles. The second-order valence-electron chi connectivity index (χ2n) is 5.79. The van der Waals surface area contributed by atoms with Crippen molar-refractivity contribution in [3.05, 3.63) is 47.8 Å². The molecule has 0 aliphatic rings. The molecular formula is C19H22N4O. The van der Waals surface area contributed by atoms with E-state index in [-0.39, 0.29) is 5.91 Å². The van der Waals surface area contributed by atoms with Crippen molar-refractivity contribution in [1.82, 2.24) is 20.1 Å². The lowest BCUT2D eigenvalue weighted by Gasteiger charge is -2.10. The van der Waals surface area contributed by atoms with Crippen molar-refractivity contribution in [3.63, 3.8) is 0 Å². The molecule has 0 saturated carbocycles. The largest absolute Gasteiger partial charge is 0.352 e. The number of aromatic nitrogens is 3. The molecule has 0 spiro atoms. The minimum absolute atomic E-state index is 0.0581. The third kappa shape index (κ3) is 2.89. The van der Waals surface area contributed by atoms with Crippen molar-refractivity contribution in [2.24, 2.45) is 0 Å². The third-order valence-corrected chi connectivity index (χ3v) is 4.18. The van der Waals surface area contributed by atoms with Crippen LogP contribution in [0.2, 0.25) is 0 Å². The van der Waals surface area contributed by atoms with Crippen LogP contribution in [-0.4, -0.2) is 27.2 Å². The van der Waals surface area contributed by atoms with E-state index in [1.165, 1.54) is 0 Å². The van der Waals surface area contributed by atoms with Gasteiger partial charge in [0, 0.05) is 29.7 Å². The number of nitrogens with one attached hydrogen (secondary N) is 1. The predicted octanol–water partition coefficient (Wildman–Crippen LogP) is 3.57. The van der Waals surface area contributed by atoms with Gasteiger partial charge < -0.3 is 5.32 Å². The monoisotopic (exact) mass is 322 g/mol. The molecule has 2 aromatic heterocycles. The number of fused-ring (bicyclic) bond motifs is 1. The minimum atomic E-state index is -0.0581. The Balaban J connectivity index is 2.16. The maximum absolute atomic E-state index is 12.6. The van der Waals surface area contributed by atoms with Gasteiger partial charge in [0.2, 0.25) is 0 Å². The molecule has 3 rings (SSSR count). The van der Waals surface area contributed by atoms with Crippen molar-refractivity contribution in [2.45, 2.75) is 33.7 Å². The van der Waals surface area contributed by atoms with E-state index in [1.54, 1.807) is 0 Å². The summed E-state index contributed by atoms with van der Waals surface area (Å²) < 4.78 is 1.93. The predicted molar refractivity (Wildman–Crippen MR) is 96.0 cm³/mol. The van der Waals surface area contributed by atoms with E-state index in [4.69, 9.17) is 4.98 Å². The average Bonchev–Trinajstić information content (AvgIpc) is 2.99. The van der Waals surface area contributed by atoms with Crippen LogP contribution >= 0.6 is 0 Å². The first-order valence-corrected chi connectivity index (χ1v) is 8.36. The van der Waals surface area contributed by atoms with E-state index in [1.807, 2.05) is 55.1 Å². The van der Waals surface area contributed by atoms with Gasteiger partial charge in [-0.25, -0.2) is 4.98 Å². The Morgan fingerprint density at radius 1 is 1.25 bits per heavy atom. The smallest absolute Gasteiger partial charge is 0.252 e. The lowest BCUT2D eigenvalue weighted by Crippen LogP contribution is -2.24. The lowest BCUT2D eigenvalue weighted by atomic mass is 10.0. The first kappa shape index (κ1) is 16.2. The highest BCUT2D eigenvalue weighted by Crippen LogP contribution is 2.27. The van der Waals surface area contributed by atoms with E-state index < -0.39 is 0 Å². The highest BCUT2D eigenvalue weighted by molar-refractivity contribution is 6.07. The molecule has 24 heavy (non-hydrogen) atoms. The highest BCUT2D eigenvalue weighted by Gasteiger charge is 2.16. The molecule has 1 N–H and O–H groups in total. The zero-order chi connectivity index (χ0) is 17.1. The number of benzene rings is 1. The fourth-order valence-corrected chi connectivity index (χ4v) is 2.85. The van der Waals surface area contributed by atoms with Crippen LogP contribution in [0.4, 0.5) is 0 Å². The molecule has 0 unspecified atom stereocenters. The van der Waals surface area contributed by atoms with Crippen LogP contribution in [-0.2, 0) is 6.54 Å². The van der Waals surface area contributed by atoms with Crippen LogP contribution in [0.15, 0.2) is 36.5 Å². The average molecular weight is 322 g/mol. The van der Waals surface area contributed by atoms with Gasteiger partial charge in [0.1, 0.15) is 0 Å². The maximum Gasteiger partial charge on any atom is 0.252 e. The Morgan fingerprint density at radius 2 is 2.04 bits per heavy atom. The summed E-state index contributed by atoms with van der Waals surface area (Å²) in [6, 6.07) is 9.62. The fourth-order valence-electron chi connectivity index (χ4n) is 2.85. The summed E-state index contributed by atoms with van der Waals surface area (Å²) in [6.07, 6.45) is 2.73. The van der Waals surface area contributed by atoms with E-state index >= 15 is 0 Å². The number of pyridine rings is 1. The Morgan fingerprint density at radius 3 is 2.75 bits per heavy atom. The summed E-state index contributed by atoms with van der Waals surface area (Å²) in [5.41, 5.74) is 4.29. The van der Waals surface area contributed by atoms with E-state index in [9.17, 15) is 4.79 Å². The molecule has 5 nitrogen and oxygen atoms in total. The second-order valence-corrected chi connectivity index (χ2v) is 5.79. The summed E-state index contributed by atoms with van der Waals surface area (Å²) in [4.78, 5) is 17.3. The fraction of sp³-hybridized carbons (Fsp3) is 0.316. The number of nitrogens with zero attached hydrogens (tertiary/aromatic N) is 3. The van der Waals surface area contributed by atoms with Crippen LogP contribution in [0, 0.1) is 6.92 Å². The zero-order valence-electron chi connectivity index (χ0n) is 14.3. The summed E-state index contributed by atoms with van der Waals surface area (Å²) in [5.74, 6) is -0.0581. The van der Waals surface area contributed by atoms with E-state index in [0.29, 0.717) is 12.1 Å². The molecule has 5 heteroatoms. The molecule has 2 heterocycles.